The highest BCUT2D eigenvalue weighted by Gasteiger charge is 2.47. The lowest BCUT2D eigenvalue weighted by Crippen LogP contribution is -2.41. The first-order valence-corrected chi connectivity index (χ1v) is 9.49. The molecule has 28 heavy (non-hydrogen) atoms. The molecule has 0 spiro atoms. The van der Waals surface area contributed by atoms with Crippen LogP contribution in [-0.4, -0.2) is 67.0 Å². The summed E-state index contributed by atoms with van der Waals surface area (Å²) in [6.45, 7) is 0. The molecule has 11 nitrogen and oxygen atoms in total. The van der Waals surface area contributed by atoms with Gasteiger partial charge < -0.3 is 31.3 Å². The number of nitrogens with zero attached hydrogens (tertiary/aromatic N) is 4. The number of amides is 1. The molecule has 1 saturated heterocycles. The molecule has 2 aromatic rings. The van der Waals surface area contributed by atoms with Gasteiger partial charge in [0.2, 0.25) is 5.95 Å². The van der Waals surface area contributed by atoms with Crippen LogP contribution in [0, 0.1) is 0 Å². The minimum atomic E-state index is -1.37. The Morgan fingerprint density at radius 2 is 2.00 bits per heavy atom. The van der Waals surface area contributed by atoms with Crippen LogP contribution in [0.3, 0.4) is 0 Å². The molecule has 0 unspecified atom stereocenters. The van der Waals surface area contributed by atoms with E-state index in [-0.39, 0.29) is 5.95 Å². The van der Waals surface area contributed by atoms with Crippen molar-refractivity contribution in [3.63, 3.8) is 0 Å². The Bertz CT molecular complexity index is 867. The zero-order valence-electron chi connectivity index (χ0n) is 15.6. The molecule has 1 aliphatic heterocycles. The normalized spacial score (nSPS) is 28.5. The number of nitrogen functional groups attached to an aromatic ring is 1. The number of rotatable bonds is 4. The van der Waals surface area contributed by atoms with E-state index in [0.29, 0.717) is 23.0 Å². The van der Waals surface area contributed by atoms with Gasteiger partial charge in [0.15, 0.2) is 29.3 Å². The monoisotopic (exact) mass is 391 g/mol. The second-order valence-electron chi connectivity index (χ2n) is 7.28. The van der Waals surface area contributed by atoms with Gasteiger partial charge in [-0.05, 0) is 12.8 Å². The van der Waals surface area contributed by atoms with E-state index in [2.05, 4.69) is 25.6 Å². The summed E-state index contributed by atoms with van der Waals surface area (Å²) < 4.78 is 7.08. The van der Waals surface area contributed by atoms with Crippen molar-refractivity contribution in [3.8, 4) is 0 Å². The van der Waals surface area contributed by atoms with Crippen LogP contribution in [0.1, 0.15) is 38.3 Å². The summed E-state index contributed by atoms with van der Waals surface area (Å²) in [5, 5.41) is 26.4. The second kappa shape index (κ2) is 7.49. The van der Waals surface area contributed by atoms with Crippen molar-refractivity contribution < 1.29 is 19.7 Å². The lowest BCUT2D eigenvalue weighted by molar-refractivity contribution is -0.137. The molecule has 152 valence electrons. The standard InChI is InChI=1S/C17H25N7O4/c1-19-15(27)12-10(25)11(26)16(28-12)24-7-20-9-13(22-17(18)23-14(9)24)21-8-5-3-2-4-6-8/h7-8,10-12,16,25-26H,2-6H2,1H3,(H,19,27)(H3,18,21,22,23)/t10-,11+,12-,16+/m0/s1. The minimum absolute atomic E-state index is 0.0587. The van der Waals surface area contributed by atoms with E-state index in [1.807, 2.05) is 0 Å². The van der Waals surface area contributed by atoms with Crippen LogP contribution in [0.4, 0.5) is 11.8 Å². The molecular formula is C17H25N7O4. The second-order valence-corrected chi connectivity index (χ2v) is 7.28. The lowest BCUT2D eigenvalue weighted by atomic mass is 9.95. The maximum absolute atomic E-state index is 11.9. The number of hydrogen-bond donors (Lipinski definition) is 5. The van der Waals surface area contributed by atoms with Crippen molar-refractivity contribution in [2.24, 2.45) is 0 Å². The third-order valence-corrected chi connectivity index (χ3v) is 5.40. The molecule has 4 atom stereocenters. The number of nitrogens with two attached hydrogens (primary N) is 1. The molecule has 0 bridgehead atoms. The fourth-order valence-electron chi connectivity index (χ4n) is 3.91. The van der Waals surface area contributed by atoms with Gasteiger partial charge in [-0.1, -0.05) is 19.3 Å². The van der Waals surface area contributed by atoms with Crippen molar-refractivity contribution in [3.05, 3.63) is 6.33 Å². The van der Waals surface area contributed by atoms with Crippen molar-refractivity contribution in [1.82, 2.24) is 24.8 Å². The molecule has 1 amide bonds. The van der Waals surface area contributed by atoms with Crippen LogP contribution < -0.4 is 16.4 Å². The SMILES string of the molecule is CNC(=O)[C@H]1O[C@@H](n2cnc3c(NC4CCCCC4)nc(N)nc32)[C@H](O)[C@@H]1O. The summed E-state index contributed by atoms with van der Waals surface area (Å²) in [6, 6.07) is 0.296. The number of aliphatic hydroxyl groups is 2. The van der Waals surface area contributed by atoms with E-state index in [0.717, 1.165) is 25.7 Å². The fourth-order valence-corrected chi connectivity index (χ4v) is 3.91. The number of anilines is 2. The average molecular weight is 391 g/mol. The number of carbonyl (C=O) groups excluding carboxylic acids is 1. The van der Waals surface area contributed by atoms with E-state index in [1.54, 1.807) is 0 Å². The molecule has 6 N–H and O–H groups in total. The zero-order valence-corrected chi connectivity index (χ0v) is 15.6. The van der Waals surface area contributed by atoms with E-state index in [9.17, 15) is 15.0 Å². The molecule has 2 aromatic heterocycles. The summed E-state index contributed by atoms with van der Waals surface area (Å²) in [7, 11) is 1.43. The van der Waals surface area contributed by atoms with Crippen LogP contribution in [-0.2, 0) is 9.53 Å². The summed E-state index contributed by atoms with van der Waals surface area (Å²) in [5.74, 6) is 0.0692. The average Bonchev–Trinajstić information content (AvgIpc) is 3.23. The van der Waals surface area contributed by atoms with Gasteiger partial charge in [0.05, 0.1) is 6.33 Å². The topological polar surface area (TPSA) is 160 Å². The predicted molar refractivity (Wildman–Crippen MR) is 100 cm³/mol. The molecule has 2 fully saturated rings. The number of fused-ring (bicyclic) bond motifs is 1. The highest BCUT2D eigenvalue weighted by Crippen LogP contribution is 2.33. The van der Waals surface area contributed by atoms with Gasteiger partial charge >= 0.3 is 0 Å². The van der Waals surface area contributed by atoms with Gasteiger partial charge in [-0.3, -0.25) is 9.36 Å². The van der Waals surface area contributed by atoms with Gasteiger partial charge in [0.1, 0.15) is 12.2 Å². The molecule has 3 heterocycles. The van der Waals surface area contributed by atoms with Crippen LogP contribution in [0.5, 0.6) is 0 Å². The minimum Gasteiger partial charge on any atom is -0.387 e. The highest BCUT2D eigenvalue weighted by molar-refractivity contribution is 5.84. The first kappa shape index (κ1) is 18.8. The first-order valence-electron chi connectivity index (χ1n) is 9.49. The quantitative estimate of drug-likeness (QED) is 0.463. The van der Waals surface area contributed by atoms with Crippen molar-refractivity contribution in [2.75, 3.05) is 18.1 Å². The molecule has 2 aliphatic rings. The van der Waals surface area contributed by atoms with Crippen LogP contribution in [0.25, 0.3) is 11.2 Å². The molecule has 11 heteroatoms. The van der Waals surface area contributed by atoms with Crippen molar-refractivity contribution in [1.29, 1.82) is 0 Å². The molecule has 1 aliphatic carbocycles. The smallest absolute Gasteiger partial charge is 0.251 e. The number of hydrogen-bond acceptors (Lipinski definition) is 9. The van der Waals surface area contributed by atoms with Gasteiger partial charge in [-0.15, -0.1) is 0 Å². The predicted octanol–water partition coefficient (Wildman–Crippen LogP) is -0.482. The molecule has 1 saturated carbocycles. The largest absolute Gasteiger partial charge is 0.387 e. The van der Waals surface area contributed by atoms with Gasteiger partial charge in [-0.2, -0.15) is 9.97 Å². The Kier molecular flexibility index (Phi) is 5.04. The van der Waals surface area contributed by atoms with E-state index >= 15 is 0 Å². The van der Waals surface area contributed by atoms with Crippen molar-refractivity contribution in [2.45, 2.75) is 62.7 Å². The van der Waals surface area contributed by atoms with Gasteiger partial charge in [0, 0.05) is 13.1 Å². The maximum atomic E-state index is 11.9. The van der Waals surface area contributed by atoms with E-state index in [4.69, 9.17) is 10.5 Å². The molecular weight excluding hydrogens is 366 g/mol. The number of nitrogens with one attached hydrogen (secondary N) is 2. The van der Waals surface area contributed by atoms with Crippen LogP contribution in [0.2, 0.25) is 0 Å². The third-order valence-electron chi connectivity index (χ3n) is 5.40. The molecule has 0 aromatic carbocycles. The highest BCUT2D eigenvalue weighted by atomic mass is 16.6. The number of likely N-dealkylation sites (N-methyl/N-ethyl adjacent to an activating group) is 1. The Hall–Kier alpha value is -2.50. The summed E-state index contributed by atoms with van der Waals surface area (Å²) in [5.41, 5.74) is 6.75. The first-order chi connectivity index (χ1) is 13.5. The third kappa shape index (κ3) is 3.25. The Balaban J connectivity index is 1.66. The number of aliphatic hydroxyl groups excluding tert-OH is 2. The molecule has 4 rings (SSSR count). The van der Waals surface area contributed by atoms with Gasteiger partial charge in [-0.25, -0.2) is 4.98 Å². The Morgan fingerprint density at radius 3 is 2.71 bits per heavy atom. The van der Waals surface area contributed by atoms with Crippen LogP contribution >= 0.6 is 0 Å². The van der Waals surface area contributed by atoms with E-state index in [1.165, 1.54) is 24.4 Å². The zero-order chi connectivity index (χ0) is 19.8. The fraction of sp³-hybridized carbons (Fsp3) is 0.647. The Morgan fingerprint density at radius 1 is 1.25 bits per heavy atom. The van der Waals surface area contributed by atoms with Gasteiger partial charge in [0.25, 0.3) is 5.91 Å². The summed E-state index contributed by atoms with van der Waals surface area (Å²) in [4.78, 5) is 24.8. The number of carbonyl (C=O) groups is 1. The lowest BCUT2D eigenvalue weighted by Gasteiger charge is -2.23. The Labute approximate surface area is 161 Å². The number of imidazole rings is 1. The maximum Gasteiger partial charge on any atom is 0.251 e. The van der Waals surface area contributed by atoms with E-state index < -0.39 is 30.4 Å². The number of aromatic nitrogens is 4. The van der Waals surface area contributed by atoms with Crippen molar-refractivity contribution >= 4 is 28.8 Å². The number of ether oxygens (including phenoxy) is 1. The summed E-state index contributed by atoms with van der Waals surface area (Å²) >= 11 is 0. The van der Waals surface area contributed by atoms with Crippen LogP contribution in [0.15, 0.2) is 6.33 Å². The summed E-state index contributed by atoms with van der Waals surface area (Å²) in [6.07, 6.45) is 2.19. The molecule has 0 radical (unpaired) electrons.